The fourth-order valence-electron chi connectivity index (χ4n) is 0. The molecule has 0 saturated carbocycles. The van der Waals surface area contributed by atoms with Crippen molar-refractivity contribution in [3.63, 3.8) is 0 Å². The first-order valence-electron chi connectivity index (χ1n) is 0. The Hall–Kier alpha value is 3.80. The van der Waals surface area contributed by atoms with Gasteiger partial charge in [0.05, 0.1) is 0 Å². The molecule has 0 aliphatic carbocycles. The summed E-state index contributed by atoms with van der Waals surface area (Å²) >= 11 is 0. The summed E-state index contributed by atoms with van der Waals surface area (Å²) in [4.78, 5) is 0. The van der Waals surface area contributed by atoms with Crippen molar-refractivity contribution < 1.29 is 61.8 Å². The smallest absolute Gasteiger partial charge is 0 e. The topological polar surface area (TPSA) is 0 Å². The summed E-state index contributed by atoms with van der Waals surface area (Å²) in [5.41, 5.74) is 0. The van der Waals surface area contributed by atoms with Crippen molar-refractivity contribution in [3.8, 4) is 0 Å². The third-order valence-corrected chi connectivity index (χ3v) is 0. The van der Waals surface area contributed by atoms with Gasteiger partial charge in [-0.25, -0.2) is 0 Å². The Morgan fingerprint density at radius 3 is 1.00 bits per heavy atom. The van der Waals surface area contributed by atoms with Gasteiger partial charge in [0.25, 0.3) is 0 Å². The Morgan fingerprint density at radius 2 is 1.00 bits per heavy atom. The molecule has 0 spiro atoms. The van der Waals surface area contributed by atoms with E-state index in [1.807, 2.05) is 0 Å². The maximum absolute atomic E-state index is 0. The van der Waals surface area contributed by atoms with E-state index in [0.29, 0.717) is 0 Å². The summed E-state index contributed by atoms with van der Waals surface area (Å²) in [7, 11) is 0. The van der Waals surface area contributed by atoms with Gasteiger partial charge in [-0.05, 0) is 0 Å². The molecule has 0 fully saturated rings. The summed E-state index contributed by atoms with van der Waals surface area (Å²) in [6, 6.07) is 0. The molecule has 0 nitrogen and oxygen atoms in total. The van der Waals surface area contributed by atoms with Gasteiger partial charge in [-0.3, -0.25) is 0 Å². The third kappa shape index (κ3) is 9.25. The number of hydrogen-bond acceptors (Lipinski definition) is 0. The molecule has 0 amide bonds. The summed E-state index contributed by atoms with van der Waals surface area (Å²) in [6.45, 7) is 0. The Bertz CT molecular complexity index is 8.00. The van der Waals surface area contributed by atoms with Gasteiger partial charge in [0.1, 0.15) is 0 Å². The minimum atomic E-state index is 0. The summed E-state index contributed by atoms with van der Waals surface area (Å²) in [5, 5.41) is 0. The zero-order valence-corrected chi connectivity index (χ0v) is 14.9. The molecule has 9 radical (unpaired) electrons. The molecule has 4 heteroatoms. The molecule has 0 bridgehead atoms. The molecular formula is LaPbSnZr. The fraction of sp³-hybridized carbons (Fsp3) is 0. The van der Waals surface area contributed by atoms with Crippen LogP contribution in [-0.4, -0.2) is 51.2 Å². The van der Waals surface area contributed by atoms with Crippen LogP contribution in [0.5, 0.6) is 0 Å². The Balaban J connectivity index is 0. The molecule has 0 aromatic heterocycles. The molecular weight excluding hydrogens is 556 g/mol. The first-order chi connectivity index (χ1) is 0. The molecule has 0 heterocycles. The first kappa shape index (κ1) is 25.0. The van der Waals surface area contributed by atoms with E-state index in [4.69, 9.17) is 0 Å². The molecule has 4 heavy (non-hydrogen) atoms. The zero-order chi connectivity index (χ0) is 0. The van der Waals surface area contributed by atoms with Gasteiger partial charge in [-0.1, -0.05) is 0 Å². The van der Waals surface area contributed by atoms with Crippen molar-refractivity contribution in [1.29, 1.82) is 0 Å². The Kier molecular flexibility index (Phi) is 98.9. The summed E-state index contributed by atoms with van der Waals surface area (Å²) in [5.74, 6) is 0. The predicted octanol–water partition coefficient (Wildman–Crippen LogP) is -0.764. The van der Waals surface area contributed by atoms with Crippen LogP contribution in [0.3, 0.4) is 0 Å². The van der Waals surface area contributed by atoms with Crippen LogP contribution in [0.2, 0.25) is 0 Å². The van der Waals surface area contributed by atoms with Gasteiger partial charge < -0.3 is 0 Å². The first-order valence-corrected chi connectivity index (χ1v) is 0. The number of hydrogen-bond donors (Lipinski definition) is 0. The van der Waals surface area contributed by atoms with Gasteiger partial charge in [-0.2, -0.15) is 0 Å². The maximum atomic E-state index is 0. The SMILES string of the molecule is [La].[Pb].[Sn].[Zr]. The van der Waals surface area contributed by atoms with Crippen LogP contribution in [0.1, 0.15) is 0 Å². The van der Waals surface area contributed by atoms with E-state index in [0.717, 1.165) is 0 Å². The quantitative estimate of drug-likeness (QED) is 0.345. The monoisotopic (exact) mass is 557 g/mol. The van der Waals surface area contributed by atoms with Gasteiger partial charge in [0.15, 0.2) is 0 Å². The van der Waals surface area contributed by atoms with Crippen molar-refractivity contribution in [2.75, 3.05) is 0 Å². The average Bonchev–Trinajstić information content (AvgIpc) is 0. The predicted molar refractivity (Wildman–Crippen MR) is 11.5 cm³/mol. The van der Waals surface area contributed by atoms with Crippen molar-refractivity contribution in [3.05, 3.63) is 0 Å². The summed E-state index contributed by atoms with van der Waals surface area (Å²) < 4.78 is 0. The molecule has 0 N–H and O–H groups in total. The van der Waals surface area contributed by atoms with E-state index >= 15 is 0 Å². The van der Waals surface area contributed by atoms with Gasteiger partial charge in [-0.15, -0.1) is 0 Å². The Morgan fingerprint density at radius 1 is 1.00 bits per heavy atom. The number of rotatable bonds is 0. The van der Waals surface area contributed by atoms with E-state index in [1.165, 1.54) is 0 Å². The van der Waals surface area contributed by atoms with E-state index in [2.05, 4.69) is 0 Å². The minimum Gasteiger partial charge on any atom is 0 e. The standard InChI is InChI=1S/La.Pb.Sn.Zr. The van der Waals surface area contributed by atoms with E-state index in [9.17, 15) is 0 Å². The molecule has 0 aromatic rings. The summed E-state index contributed by atoms with van der Waals surface area (Å²) in [6.07, 6.45) is 0. The minimum absolute atomic E-state index is 0. The molecule has 0 atom stereocenters. The second-order valence-electron chi connectivity index (χ2n) is 0. The van der Waals surface area contributed by atoms with E-state index < -0.39 is 0 Å². The Labute approximate surface area is 110 Å². The maximum Gasteiger partial charge on any atom is 0 e. The van der Waals surface area contributed by atoms with Crippen LogP contribution in [0.25, 0.3) is 0 Å². The van der Waals surface area contributed by atoms with Gasteiger partial charge in [0.2, 0.25) is 0 Å². The average molecular weight is 556 g/mol. The molecule has 0 aromatic carbocycles. The normalized spacial score (nSPS) is 0. The molecule has 0 saturated heterocycles. The molecule has 15 valence electrons. The fourth-order valence-corrected chi connectivity index (χ4v) is 0. The van der Waals surface area contributed by atoms with Crippen molar-refractivity contribution in [2.45, 2.75) is 0 Å². The molecule has 0 unspecified atom stereocenters. The third-order valence-electron chi connectivity index (χ3n) is 0. The molecule has 0 aliphatic heterocycles. The van der Waals surface area contributed by atoms with Crippen molar-refractivity contribution >= 4 is 51.2 Å². The van der Waals surface area contributed by atoms with Crippen LogP contribution in [0, 0.1) is 35.6 Å². The van der Waals surface area contributed by atoms with Crippen molar-refractivity contribution in [2.24, 2.45) is 0 Å². The van der Waals surface area contributed by atoms with Crippen molar-refractivity contribution in [1.82, 2.24) is 0 Å². The van der Waals surface area contributed by atoms with E-state index in [1.54, 1.807) is 0 Å². The van der Waals surface area contributed by atoms with Gasteiger partial charge in [0, 0.05) is 113 Å². The second kappa shape index (κ2) is 15.8. The van der Waals surface area contributed by atoms with E-state index in [-0.39, 0.29) is 113 Å². The van der Waals surface area contributed by atoms with Gasteiger partial charge >= 0.3 is 0 Å². The second-order valence-corrected chi connectivity index (χ2v) is 0. The molecule has 0 aliphatic rings. The van der Waals surface area contributed by atoms with Crippen LogP contribution < -0.4 is 0 Å². The zero-order valence-electron chi connectivity index (χ0n) is 2.08. The van der Waals surface area contributed by atoms with Crippen LogP contribution in [0.15, 0.2) is 0 Å². The van der Waals surface area contributed by atoms with Crippen LogP contribution in [-0.2, 0) is 26.2 Å². The van der Waals surface area contributed by atoms with Crippen LogP contribution in [0.4, 0.5) is 0 Å². The van der Waals surface area contributed by atoms with Crippen LogP contribution >= 0.6 is 0 Å². The molecule has 0 rings (SSSR count). The largest absolute Gasteiger partial charge is 0 e.